The predicted octanol–water partition coefficient (Wildman–Crippen LogP) is 4.15. The summed E-state index contributed by atoms with van der Waals surface area (Å²) in [6, 6.07) is 0. The van der Waals surface area contributed by atoms with E-state index in [0.29, 0.717) is 0 Å². The lowest BCUT2D eigenvalue weighted by Crippen LogP contribution is -2.35. The summed E-state index contributed by atoms with van der Waals surface area (Å²) in [5.74, 6) is -1.61. The third-order valence-electron chi connectivity index (χ3n) is 5.00. The van der Waals surface area contributed by atoms with Gasteiger partial charge in [0.25, 0.3) is 10.1 Å². The first-order valence-corrected chi connectivity index (χ1v) is 12.0. The molecule has 0 aliphatic carbocycles. The van der Waals surface area contributed by atoms with Gasteiger partial charge in [0, 0.05) is 0 Å². The second-order valence-electron chi connectivity index (χ2n) is 7.35. The molecule has 7 nitrogen and oxygen atoms in total. The van der Waals surface area contributed by atoms with Crippen LogP contribution in [0.15, 0.2) is 0 Å². The number of hydrogen-bond donors (Lipinski definition) is 1. The lowest BCUT2D eigenvalue weighted by Gasteiger charge is -2.18. The molecule has 0 fully saturated rings. The van der Waals surface area contributed by atoms with Crippen LogP contribution in [0, 0.1) is 11.8 Å². The minimum atomic E-state index is -4.76. The monoisotopic (exact) mass is 422 g/mol. The Bertz CT molecular complexity index is 545. The van der Waals surface area contributed by atoms with E-state index in [4.69, 9.17) is 9.47 Å². The van der Waals surface area contributed by atoms with Crippen LogP contribution in [0.5, 0.6) is 0 Å². The van der Waals surface area contributed by atoms with Crippen LogP contribution in [-0.4, -0.2) is 43.4 Å². The average molecular weight is 423 g/mol. The Labute approximate surface area is 170 Å². The van der Waals surface area contributed by atoms with Gasteiger partial charge in [0.1, 0.15) is 0 Å². The van der Waals surface area contributed by atoms with Crippen LogP contribution in [0.2, 0.25) is 0 Å². The highest BCUT2D eigenvalue weighted by Crippen LogP contribution is 2.17. The van der Waals surface area contributed by atoms with Crippen LogP contribution in [0.4, 0.5) is 0 Å². The van der Waals surface area contributed by atoms with Gasteiger partial charge in [-0.05, 0) is 24.7 Å². The van der Waals surface area contributed by atoms with Crippen molar-refractivity contribution in [2.24, 2.45) is 11.8 Å². The van der Waals surface area contributed by atoms with Crippen LogP contribution in [0.3, 0.4) is 0 Å². The maximum absolute atomic E-state index is 12.2. The summed E-state index contributed by atoms with van der Waals surface area (Å²) in [5.41, 5.74) is 0. The van der Waals surface area contributed by atoms with Gasteiger partial charge in [0.15, 0.2) is 5.25 Å². The Morgan fingerprint density at radius 3 is 1.71 bits per heavy atom. The lowest BCUT2D eigenvalue weighted by atomic mass is 10.0. The molecule has 0 aromatic carbocycles. The SMILES string of the molecule is CCCC[C@@H](CC)COC(=O)C[C@H](C(=O)OC[C@@H](CC)CCCC)S(=O)(=O)O. The van der Waals surface area contributed by atoms with Crippen molar-refractivity contribution < 1.29 is 32.0 Å². The van der Waals surface area contributed by atoms with E-state index in [1.807, 2.05) is 13.8 Å². The van der Waals surface area contributed by atoms with Crippen LogP contribution in [-0.2, 0) is 29.2 Å². The first-order valence-electron chi connectivity index (χ1n) is 10.5. The summed E-state index contributed by atoms with van der Waals surface area (Å²) in [6.07, 6.45) is 6.74. The third kappa shape index (κ3) is 11.6. The van der Waals surface area contributed by atoms with E-state index in [1.54, 1.807) is 0 Å². The molecule has 0 aliphatic heterocycles. The summed E-state index contributed by atoms with van der Waals surface area (Å²) in [6.45, 7) is 8.35. The van der Waals surface area contributed by atoms with Gasteiger partial charge in [-0.2, -0.15) is 8.42 Å². The standard InChI is InChI=1S/C20H38O7S/c1-5-9-11-16(7-3)14-26-19(21)13-18(28(23,24)25)20(22)27-15-17(8-4)12-10-6-2/h16-18H,5-15H2,1-4H3,(H,23,24,25)/t16-,17+,18-/m1/s1. The molecule has 0 aromatic heterocycles. The van der Waals surface area contributed by atoms with Crippen molar-refractivity contribution in [3.8, 4) is 0 Å². The van der Waals surface area contributed by atoms with E-state index in [9.17, 15) is 22.6 Å². The second kappa shape index (κ2) is 14.8. The minimum Gasteiger partial charge on any atom is -0.465 e. The first-order chi connectivity index (χ1) is 13.2. The molecule has 3 atom stereocenters. The maximum atomic E-state index is 12.2. The zero-order valence-corrected chi connectivity index (χ0v) is 18.6. The van der Waals surface area contributed by atoms with Crippen LogP contribution < -0.4 is 0 Å². The molecule has 28 heavy (non-hydrogen) atoms. The van der Waals surface area contributed by atoms with Crippen molar-refractivity contribution in [2.45, 2.75) is 90.7 Å². The van der Waals surface area contributed by atoms with E-state index < -0.39 is 33.7 Å². The molecule has 0 saturated heterocycles. The van der Waals surface area contributed by atoms with Crippen LogP contribution >= 0.6 is 0 Å². The van der Waals surface area contributed by atoms with Crippen molar-refractivity contribution in [1.29, 1.82) is 0 Å². The Hall–Kier alpha value is -1.15. The highest BCUT2D eigenvalue weighted by molar-refractivity contribution is 7.87. The second-order valence-corrected chi connectivity index (χ2v) is 8.95. The molecule has 0 spiro atoms. The molecule has 0 aromatic rings. The van der Waals surface area contributed by atoms with E-state index in [1.165, 1.54) is 0 Å². The van der Waals surface area contributed by atoms with Gasteiger partial charge >= 0.3 is 11.9 Å². The molecule has 0 amide bonds. The summed E-state index contributed by atoms with van der Waals surface area (Å²) < 4.78 is 42.8. The molecule has 0 heterocycles. The third-order valence-corrected chi connectivity index (χ3v) is 6.08. The van der Waals surface area contributed by atoms with Crippen molar-refractivity contribution in [3.63, 3.8) is 0 Å². The Morgan fingerprint density at radius 2 is 1.32 bits per heavy atom. The number of esters is 2. The van der Waals surface area contributed by atoms with E-state index in [2.05, 4.69) is 13.8 Å². The van der Waals surface area contributed by atoms with E-state index in [0.717, 1.165) is 51.4 Å². The van der Waals surface area contributed by atoms with E-state index >= 15 is 0 Å². The van der Waals surface area contributed by atoms with Gasteiger partial charge in [-0.1, -0.05) is 66.2 Å². The summed E-state index contributed by atoms with van der Waals surface area (Å²) in [7, 11) is -4.76. The zero-order valence-electron chi connectivity index (χ0n) is 17.8. The maximum Gasteiger partial charge on any atom is 0.327 e. The number of carbonyl (C=O) groups is 2. The Morgan fingerprint density at radius 1 is 0.857 bits per heavy atom. The molecule has 166 valence electrons. The largest absolute Gasteiger partial charge is 0.465 e. The fourth-order valence-corrected chi connectivity index (χ4v) is 3.48. The van der Waals surface area contributed by atoms with Gasteiger partial charge < -0.3 is 9.47 Å². The minimum absolute atomic E-state index is 0.0747. The zero-order chi connectivity index (χ0) is 21.6. The number of hydrogen-bond acceptors (Lipinski definition) is 6. The summed E-state index contributed by atoms with van der Waals surface area (Å²) in [5, 5.41) is -1.95. The quantitative estimate of drug-likeness (QED) is 0.294. The molecule has 1 N–H and O–H groups in total. The fourth-order valence-electron chi connectivity index (χ4n) is 2.82. The summed E-state index contributed by atoms with van der Waals surface area (Å²) >= 11 is 0. The fraction of sp³-hybridized carbons (Fsp3) is 0.900. The highest BCUT2D eigenvalue weighted by Gasteiger charge is 2.36. The number of unbranched alkanes of at least 4 members (excludes halogenated alkanes) is 2. The van der Waals surface area contributed by atoms with Crippen molar-refractivity contribution in [3.05, 3.63) is 0 Å². The molecule has 0 bridgehead atoms. The number of rotatable bonds is 16. The molecule has 0 unspecified atom stereocenters. The number of ether oxygens (including phenoxy) is 2. The normalized spacial score (nSPS) is 14.9. The Kier molecular flexibility index (Phi) is 14.2. The first kappa shape index (κ1) is 26.9. The highest BCUT2D eigenvalue weighted by atomic mass is 32.2. The van der Waals surface area contributed by atoms with Gasteiger partial charge in [-0.3, -0.25) is 14.1 Å². The lowest BCUT2D eigenvalue weighted by molar-refractivity contribution is -0.151. The van der Waals surface area contributed by atoms with Crippen LogP contribution in [0.1, 0.15) is 85.5 Å². The smallest absolute Gasteiger partial charge is 0.327 e. The molecular weight excluding hydrogens is 384 g/mol. The van der Waals surface area contributed by atoms with Crippen molar-refractivity contribution in [1.82, 2.24) is 0 Å². The molecule has 0 saturated carbocycles. The molecule has 0 rings (SSSR count). The summed E-state index contributed by atoms with van der Waals surface area (Å²) in [4.78, 5) is 24.2. The van der Waals surface area contributed by atoms with Gasteiger partial charge in [-0.15, -0.1) is 0 Å². The molecule has 8 heteroatoms. The predicted molar refractivity (Wildman–Crippen MR) is 108 cm³/mol. The van der Waals surface area contributed by atoms with Crippen LogP contribution in [0.25, 0.3) is 0 Å². The average Bonchev–Trinajstić information content (AvgIpc) is 2.65. The van der Waals surface area contributed by atoms with Gasteiger partial charge in [0.05, 0.1) is 19.6 Å². The van der Waals surface area contributed by atoms with E-state index in [-0.39, 0.29) is 25.0 Å². The molecular formula is C20H38O7S. The van der Waals surface area contributed by atoms with Crippen molar-refractivity contribution >= 4 is 22.1 Å². The molecule has 0 radical (unpaired) electrons. The molecule has 0 aliphatic rings. The van der Waals surface area contributed by atoms with Gasteiger partial charge in [0.2, 0.25) is 0 Å². The van der Waals surface area contributed by atoms with Crippen molar-refractivity contribution in [2.75, 3.05) is 13.2 Å². The number of carbonyl (C=O) groups excluding carboxylic acids is 2. The topological polar surface area (TPSA) is 107 Å². The Balaban J connectivity index is 4.73. The van der Waals surface area contributed by atoms with Gasteiger partial charge in [-0.25, -0.2) is 0 Å².